The number of nitrogens with one attached hydrogen (secondary N) is 1. The smallest absolute Gasteiger partial charge is 0.387 e. The van der Waals surface area contributed by atoms with E-state index in [2.05, 4.69) is 10.1 Å². The lowest BCUT2D eigenvalue weighted by molar-refractivity contribution is -0.0498. The molecule has 0 atom stereocenters. The van der Waals surface area contributed by atoms with Crippen LogP contribution in [0, 0.1) is 0 Å². The Bertz CT molecular complexity index is 343. The van der Waals surface area contributed by atoms with E-state index in [-0.39, 0.29) is 5.75 Å². The van der Waals surface area contributed by atoms with Crippen molar-refractivity contribution in [2.24, 2.45) is 0 Å². The summed E-state index contributed by atoms with van der Waals surface area (Å²) < 4.78 is 28.0. The van der Waals surface area contributed by atoms with E-state index >= 15 is 0 Å². The molecule has 4 heteroatoms. The molecule has 0 radical (unpaired) electrons. The predicted octanol–water partition coefficient (Wildman–Crippen LogP) is 3.67. The molecule has 0 heterocycles. The molecule has 0 aliphatic rings. The molecule has 0 fully saturated rings. The second kappa shape index (κ2) is 6.10. The predicted molar refractivity (Wildman–Crippen MR) is 61.0 cm³/mol. The summed E-state index contributed by atoms with van der Waals surface area (Å²) in [5.74, 6) is 0.169. The number of benzene rings is 1. The third-order valence-corrected chi connectivity index (χ3v) is 1.90. The van der Waals surface area contributed by atoms with Crippen LogP contribution in [0.4, 0.5) is 14.5 Å². The monoisotopic (exact) mass is 227 g/mol. The van der Waals surface area contributed by atoms with Crippen LogP contribution in [-0.2, 0) is 0 Å². The first-order chi connectivity index (χ1) is 7.58. The molecule has 1 aromatic carbocycles. The van der Waals surface area contributed by atoms with Gasteiger partial charge in [0, 0.05) is 12.2 Å². The number of anilines is 1. The van der Waals surface area contributed by atoms with Crippen LogP contribution in [0.5, 0.6) is 5.75 Å². The molecule has 0 amide bonds. The Labute approximate surface area is 93.9 Å². The van der Waals surface area contributed by atoms with Crippen LogP contribution in [-0.4, -0.2) is 13.2 Å². The molecule has 2 nitrogen and oxygen atoms in total. The normalized spacial score (nSPS) is 10.1. The zero-order valence-corrected chi connectivity index (χ0v) is 9.34. The second-order valence-electron chi connectivity index (χ2n) is 3.57. The summed E-state index contributed by atoms with van der Waals surface area (Å²) in [5.41, 5.74) is 2.10. The van der Waals surface area contributed by atoms with Crippen LogP contribution in [0.3, 0.4) is 0 Å². The van der Waals surface area contributed by atoms with Crippen molar-refractivity contribution in [3.05, 3.63) is 35.9 Å². The van der Waals surface area contributed by atoms with Gasteiger partial charge in [0.05, 0.1) is 0 Å². The van der Waals surface area contributed by atoms with Gasteiger partial charge in [0.25, 0.3) is 0 Å². The lowest BCUT2D eigenvalue weighted by Gasteiger charge is -2.06. The summed E-state index contributed by atoms with van der Waals surface area (Å²) in [6.45, 7) is 1.98. The molecule has 0 aliphatic heterocycles. The van der Waals surface area contributed by atoms with E-state index in [4.69, 9.17) is 0 Å². The Morgan fingerprint density at radius 3 is 2.44 bits per heavy atom. The summed E-state index contributed by atoms with van der Waals surface area (Å²) in [4.78, 5) is 0. The summed E-state index contributed by atoms with van der Waals surface area (Å²) >= 11 is 0. The second-order valence-corrected chi connectivity index (χ2v) is 3.57. The number of allylic oxidation sites excluding steroid dienone is 1. The van der Waals surface area contributed by atoms with Crippen molar-refractivity contribution in [2.45, 2.75) is 20.5 Å². The van der Waals surface area contributed by atoms with Gasteiger partial charge in [0.1, 0.15) is 5.75 Å². The van der Waals surface area contributed by atoms with Gasteiger partial charge in [-0.1, -0.05) is 11.6 Å². The van der Waals surface area contributed by atoms with Crippen molar-refractivity contribution in [1.29, 1.82) is 0 Å². The van der Waals surface area contributed by atoms with Gasteiger partial charge < -0.3 is 10.1 Å². The fraction of sp³-hybridized carbons (Fsp3) is 0.333. The van der Waals surface area contributed by atoms with E-state index in [0.717, 1.165) is 12.2 Å². The minimum atomic E-state index is -2.77. The molecule has 1 aromatic rings. The molecule has 0 aromatic heterocycles. The summed E-state index contributed by atoms with van der Waals surface area (Å²) in [6, 6.07) is 6.43. The molecule has 0 unspecified atom stereocenters. The molecular weight excluding hydrogens is 212 g/mol. The van der Waals surface area contributed by atoms with Crippen molar-refractivity contribution >= 4 is 5.69 Å². The van der Waals surface area contributed by atoms with E-state index in [1.165, 1.54) is 17.7 Å². The van der Waals surface area contributed by atoms with E-state index in [1.54, 1.807) is 12.1 Å². The zero-order valence-electron chi connectivity index (χ0n) is 9.34. The highest BCUT2D eigenvalue weighted by atomic mass is 19.3. The quantitative estimate of drug-likeness (QED) is 0.775. The maximum Gasteiger partial charge on any atom is 0.387 e. The average Bonchev–Trinajstić information content (AvgIpc) is 2.19. The lowest BCUT2D eigenvalue weighted by Crippen LogP contribution is -2.02. The number of halogens is 2. The summed E-state index contributed by atoms with van der Waals surface area (Å²) in [5, 5.41) is 3.14. The number of ether oxygens (including phenoxy) is 1. The first-order valence-corrected chi connectivity index (χ1v) is 5.00. The van der Waals surface area contributed by atoms with Gasteiger partial charge >= 0.3 is 6.61 Å². The molecule has 16 heavy (non-hydrogen) atoms. The molecule has 1 N–H and O–H groups in total. The van der Waals surface area contributed by atoms with Gasteiger partial charge in [-0.3, -0.25) is 0 Å². The molecule has 0 saturated carbocycles. The van der Waals surface area contributed by atoms with Crippen LogP contribution in [0.25, 0.3) is 0 Å². The fourth-order valence-electron chi connectivity index (χ4n) is 1.13. The largest absolute Gasteiger partial charge is 0.435 e. The number of hydrogen-bond acceptors (Lipinski definition) is 2. The highest BCUT2D eigenvalue weighted by molar-refractivity contribution is 5.46. The van der Waals surface area contributed by atoms with Crippen molar-refractivity contribution in [1.82, 2.24) is 0 Å². The third-order valence-electron chi connectivity index (χ3n) is 1.90. The maximum atomic E-state index is 11.9. The molecular formula is C12H15F2NO. The maximum absolute atomic E-state index is 11.9. The van der Waals surface area contributed by atoms with Crippen LogP contribution in [0.15, 0.2) is 35.9 Å². The molecule has 0 bridgehead atoms. The third kappa shape index (κ3) is 4.77. The fourth-order valence-corrected chi connectivity index (χ4v) is 1.13. The van der Waals surface area contributed by atoms with Crippen molar-refractivity contribution < 1.29 is 13.5 Å². The molecule has 88 valence electrons. The highest BCUT2D eigenvalue weighted by Gasteiger charge is 2.02. The molecule has 0 spiro atoms. The number of alkyl halides is 2. The minimum Gasteiger partial charge on any atom is -0.435 e. The van der Waals surface area contributed by atoms with Gasteiger partial charge in [-0.05, 0) is 38.1 Å². The zero-order chi connectivity index (χ0) is 12.0. The van der Waals surface area contributed by atoms with E-state index < -0.39 is 6.61 Å². The topological polar surface area (TPSA) is 21.3 Å². The van der Waals surface area contributed by atoms with Gasteiger partial charge in [-0.25, -0.2) is 0 Å². The Morgan fingerprint density at radius 2 is 1.94 bits per heavy atom. The van der Waals surface area contributed by atoms with Crippen molar-refractivity contribution in [3.8, 4) is 5.75 Å². The van der Waals surface area contributed by atoms with Crippen molar-refractivity contribution in [2.75, 3.05) is 11.9 Å². The van der Waals surface area contributed by atoms with Crippen molar-refractivity contribution in [3.63, 3.8) is 0 Å². The first-order valence-electron chi connectivity index (χ1n) is 5.00. The Balaban J connectivity index is 2.48. The van der Waals surface area contributed by atoms with E-state index in [1.807, 2.05) is 19.9 Å². The minimum absolute atomic E-state index is 0.169. The van der Waals surface area contributed by atoms with Gasteiger partial charge in [0.2, 0.25) is 0 Å². The lowest BCUT2D eigenvalue weighted by atomic mass is 10.3. The van der Waals surface area contributed by atoms with Gasteiger partial charge in [-0.2, -0.15) is 8.78 Å². The Hall–Kier alpha value is -1.58. The molecule has 0 aliphatic carbocycles. The van der Waals surface area contributed by atoms with E-state index in [9.17, 15) is 8.78 Å². The van der Waals surface area contributed by atoms with E-state index in [0.29, 0.717) is 0 Å². The van der Waals surface area contributed by atoms with Crippen LogP contribution in [0.1, 0.15) is 13.8 Å². The van der Waals surface area contributed by atoms with Crippen LogP contribution >= 0.6 is 0 Å². The standard InChI is InChI=1S/C12H15F2NO/c1-9(2)7-8-15-10-3-5-11(6-4-10)16-12(13)14/h3-7,12,15H,8H2,1-2H3. The Morgan fingerprint density at radius 1 is 1.31 bits per heavy atom. The van der Waals surface area contributed by atoms with Crippen LogP contribution in [0.2, 0.25) is 0 Å². The number of hydrogen-bond donors (Lipinski definition) is 1. The molecule has 1 rings (SSSR count). The summed E-state index contributed by atoms with van der Waals surface area (Å²) in [6.07, 6.45) is 2.05. The SMILES string of the molecule is CC(C)=CCNc1ccc(OC(F)F)cc1. The highest BCUT2D eigenvalue weighted by Crippen LogP contribution is 2.17. The summed E-state index contributed by atoms with van der Waals surface area (Å²) in [7, 11) is 0. The van der Waals surface area contributed by atoms with Gasteiger partial charge in [-0.15, -0.1) is 0 Å². The Kier molecular flexibility index (Phi) is 4.76. The average molecular weight is 227 g/mol. The van der Waals surface area contributed by atoms with Crippen LogP contribution < -0.4 is 10.1 Å². The number of rotatable bonds is 5. The first kappa shape index (κ1) is 12.5. The van der Waals surface area contributed by atoms with Gasteiger partial charge in [0.15, 0.2) is 0 Å². The molecule has 0 saturated heterocycles.